The average molecular weight is 280 g/mol. The molecule has 1 N–H and O–H groups in total. The van der Waals surface area contributed by atoms with Crippen LogP contribution < -0.4 is 0 Å². The SMILES string of the molecule is C=CC(CC/C=C/C/C(C)=C(\C)[Si](C)(C)C)C(=O)O. The third-order valence-electron chi connectivity index (χ3n) is 3.60. The molecule has 0 rings (SSSR count). The predicted octanol–water partition coefficient (Wildman–Crippen LogP) is 4.81. The van der Waals surface area contributed by atoms with Crippen LogP contribution in [0.2, 0.25) is 19.6 Å². The molecule has 1 atom stereocenters. The van der Waals surface area contributed by atoms with Crippen LogP contribution >= 0.6 is 0 Å². The lowest BCUT2D eigenvalue weighted by atomic mass is 10.0. The Hall–Kier alpha value is -1.09. The summed E-state index contributed by atoms with van der Waals surface area (Å²) in [6.07, 6.45) is 8.15. The number of rotatable bonds is 8. The van der Waals surface area contributed by atoms with Gasteiger partial charge in [0.05, 0.1) is 14.0 Å². The van der Waals surface area contributed by atoms with E-state index in [1.165, 1.54) is 11.6 Å². The van der Waals surface area contributed by atoms with Crippen LogP contribution in [-0.4, -0.2) is 19.1 Å². The summed E-state index contributed by atoms with van der Waals surface area (Å²) < 4.78 is 0. The first-order chi connectivity index (χ1) is 8.70. The summed E-state index contributed by atoms with van der Waals surface area (Å²) in [5, 5.41) is 10.4. The van der Waals surface area contributed by atoms with Gasteiger partial charge in [-0.05, 0) is 33.1 Å². The highest BCUT2D eigenvalue weighted by Gasteiger charge is 2.16. The van der Waals surface area contributed by atoms with Crippen molar-refractivity contribution >= 4 is 14.0 Å². The Morgan fingerprint density at radius 1 is 1.26 bits per heavy atom. The van der Waals surface area contributed by atoms with Gasteiger partial charge in [0.25, 0.3) is 0 Å². The molecule has 0 saturated heterocycles. The van der Waals surface area contributed by atoms with Gasteiger partial charge < -0.3 is 5.11 Å². The maximum Gasteiger partial charge on any atom is 0.310 e. The second kappa shape index (κ2) is 8.15. The molecule has 0 saturated carbocycles. The number of hydrogen-bond acceptors (Lipinski definition) is 1. The number of carboxylic acid groups (broad SMARTS) is 1. The summed E-state index contributed by atoms with van der Waals surface area (Å²) in [5.74, 6) is -1.21. The summed E-state index contributed by atoms with van der Waals surface area (Å²) in [6.45, 7) is 15.1. The summed E-state index contributed by atoms with van der Waals surface area (Å²) in [4.78, 5) is 10.8. The van der Waals surface area contributed by atoms with Crippen molar-refractivity contribution in [3.05, 3.63) is 35.6 Å². The molecule has 0 aliphatic carbocycles. The van der Waals surface area contributed by atoms with E-state index in [0.29, 0.717) is 6.42 Å². The monoisotopic (exact) mass is 280 g/mol. The Morgan fingerprint density at radius 3 is 2.26 bits per heavy atom. The van der Waals surface area contributed by atoms with E-state index in [4.69, 9.17) is 5.11 Å². The van der Waals surface area contributed by atoms with Gasteiger partial charge in [0.1, 0.15) is 0 Å². The van der Waals surface area contributed by atoms with Crippen molar-refractivity contribution in [2.45, 2.75) is 52.8 Å². The van der Waals surface area contributed by atoms with Crippen molar-refractivity contribution < 1.29 is 9.90 Å². The van der Waals surface area contributed by atoms with Crippen LogP contribution in [0.4, 0.5) is 0 Å². The van der Waals surface area contributed by atoms with Crippen molar-refractivity contribution in [2.75, 3.05) is 0 Å². The van der Waals surface area contributed by atoms with Gasteiger partial charge in [0.15, 0.2) is 0 Å². The van der Waals surface area contributed by atoms with Gasteiger partial charge >= 0.3 is 5.97 Å². The lowest BCUT2D eigenvalue weighted by molar-refractivity contribution is -0.140. The second-order valence-electron chi connectivity index (χ2n) is 6.09. The first kappa shape index (κ1) is 17.9. The van der Waals surface area contributed by atoms with Gasteiger partial charge in [0.2, 0.25) is 0 Å². The second-order valence-corrected chi connectivity index (χ2v) is 11.3. The van der Waals surface area contributed by atoms with Crippen molar-refractivity contribution in [3.63, 3.8) is 0 Å². The molecule has 0 amide bonds. The van der Waals surface area contributed by atoms with Crippen LogP contribution in [0.3, 0.4) is 0 Å². The summed E-state index contributed by atoms with van der Waals surface area (Å²) in [6, 6.07) is 0. The Kier molecular flexibility index (Phi) is 7.68. The van der Waals surface area contributed by atoms with Gasteiger partial charge in [-0.25, -0.2) is 0 Å². The van der Waals surface area contributed by atoms with Crippen molar-refractivity contribution in [2.24, 2.45) is 5.92 Å². The van der Waals surface area contributed by atoms with Crippen LogP contribution in [-0.2, 0) is 4.79 Å². The van der Waals surface area contributed by atoms with Gasteiger partial charge in [-0.3, -0.25) is 4.79 Å². The number of aliphatic carboxylic acids is 1. The molecule has 0 bridgehead atoms. The molecule has 0 fully saturated rings. The fourth-order valence-corrected chi connectivity index (χ4v) is 3.17. The lowest BCUT2D eigenvalue weighted by Gasteiger charge is -2.19. The maximum atomic E-state index is 10.8. The smallest absolute Gasteiger partial charge is 0.310 e. The summed E-state index contributed by atoms with van der Waals surface area (Å²) in [5.41, 5.74) is 1.45. The van der Waals surface area contributed by atoms with E-state index in [1.54, 1.807) is 5.20 Å². The van der Waals surface area contributed by atoms with Crippen molar-refractivity contribution in [3.8, 4) is 0 Å². The van der Waals surface area contributed by atoms with Crippen LogP contribution in [0.15, 0.2) is 35.6 Å². The molecule has 0 heterocycles. The van der Waals surface area contributed by atoms with E-state index < -0.39 is 20.0 Å². The molecular weight excluding hydrogens is 252 g/mol. The van der Waals surface area contributed by atoms with Crippen LogP contribution in [0.1, 0.15) is 33.1 Å². The van der Waals surface area contributed by atoms with Crippen LogP contribution in [0, 0.1) is 5.92 Å². The molecule has 108 valence electrons. The normalized spacial score (nSPS) is 15.2. The minimum absolute atomic E-state index is 0.426. The van der Waals surface area contributed by atoms with E-state index in [1.807, 2.05) is 0 Å². The van der Waals surface area contributed by atoms with Crippen LogP contribution in [0.5, 0.6) is 0 Å². The molecule has 0 aromatic carbocycles. The Morgan fingerprint density at radius 2 is 1.84 bits per heavy atom. The maximum absolute atomic E-state index is 10.8. The summed E-state index contributed by atoms with van der Waals surface area (Å²) >= 11 is 0. The fraction of sp³-hybridized carbons (Fsp3) is 0.562. The number of hydrogen-bond donors (Lipinski definition) is 1. The topological polar surface area (TPSA) is 37.3 Å². The quantitative estimate of drug-likeness (QED) is 0.511. The minimum atomic E-state index is -1.18. The zero-order chi connectivity index (χ0) is 15.1. The van der Waals surface area contributed by atoms with Gasteiger partial charge in [-0.2, -0.15) is 0 Å². The number of carbonyl (C=O) groups is 1. The molecule has 0 aliphatic rings. The largest absolute Gasteiger partial charge is 0.481 e. The molecule has 1 unspecified atom stereocenters. The van der Waals surface area contributed by atoms with E-state index >= 15 is 0 Å². The number of carboxylic acids is 1. The minimum Gasteiger partial charge on any atom is -0.481 e. The Balaban J connectivity index is 4.25. The van der Waals surface area contributed by atoms with Crippen LogP contribution in [0.25, 0.3) is 0 Å². The molecule has 0 spiro atoms. The van der Waals surface area contributed by atoms with Gasteiger partial charge in [-0.15, -0.1) is 6.58 Å². The van der Waals surface area contributed by atoms with Crippen molar-refractivity contribution in [1.82, 2.24) is 0 Å². The lowest BCUT2D eigenvalue weighted by Crippen LogP contribution is -2.23. The third-order valence-corrected chi connectivity index (χ3v) is 6.28. The molecule has 3 heteroatoms. The van der Waals surface area contributed by atoms with Gasteiger partial charge in [-0.1, -0.05) is 48.6 Å². The third kappa shape index (κ3) is 7.16. The number of allylic oxidation sites excluding steroid dienone is 4. The van der Waals surface area contributed by atoms with E-state index in [-0.39, 0.29) is 0 Å². The predicted molar refractivity (Wildman–Crippen MR) is 86.0 cm³/mol. The Labute approximate surface area is 118 Å². The molecular formula is C16H28O2Si. The molecule has 0 aliphatic heterocycles. The molecule has 19 heavy (non-hydrogen) atoms. The molecule has 0 aromatic rings. The van der Waals surface area contributed by atoms with Gasteiger partial charge in [0, 0.05) is 0 Å². The van der Waals surface area contributed by atoms with E-state index in [0.717, 1.165) is 12.8 Å². The zero-order valence-electron chi connectivity index (χ0n) is 13.0. The van der Waals surface area contributed by atoms with E-state index in [9.17, 15) is 4.79 Å². The highest BCUT2D eigenvalue weighted by molar-refractivity contribution is 6.83. The fourth-order valence-electron chi connectivity index (χ4n) is 1.79. The Bertz CT molecular complexity index is 373. The van der Waals surface area contributed by atoms with E-state index in [2.05, 4.69) is 52.2 Å². The molecule has 0 radical (unpaired) electrons. The molecule has 2 nitrogen and oxygen atoms in total. The summed E-state index contributed by atoms with van der Waals surface area (Å²) in [7, 11) is -1.18. The first-order valence-electron chi connectivity index (χ1n) is 6.87. The first-order valence-corrected chi connectivity index (χ1v) is 10.4. The standard InChI is InChI=1S/C16H28O2Si/c1-7-15(16(17)18)12-10-8-9-11-13(2)14(3)19(4,5)6/h7-9,15H,1,10-12H2,2-6H3,(H,17,18)/b9-8+,14-13+. The average Bonchev–Trinajstić information content (AvgIpc) is 2.30. The highest BCUT2D eigenvalue weighted by Crippen LogP contribution is 2.20. The van der Waals surface area contributed by atoms with Crippen molar-refractivity contribution in [1.29, 1.82) is 0 Å². The zero-order valence-corrected chi connectivity index (χ0v) is 14.0. The molecule has 0 aromatic heterocycles. The highest BCUT2D eigenvalue weighted by atomic mass is 28.3.